The van der Waals surface area contributed by atoms with Crippen molar-refractivity contribution in [1.29, 1.82) is 0 Å². The summed E-state index contributed by atoms with van der Waals surface area (Å²) in [5, 5.41) is 30.0. The van der Waals surface area contributed by atoms with Crippen molar-refractivity contribution in [3.05, 3.63) is 0 Å². The van der Waals surface area contributed by atoms with Gasteiger partial charge in [0.25, 0.3) is 0 Å². The number of nitrogens with one attached hydrogen (secondary N) is 9. The summed E-state index contributed by atoms with van der Waals surface area (Å²) in [6, 6.07) is -3.23. The molecule has 23 heteroatoms. The summed E-state index contributed by atoms with van der Waals surface area (Å²) in [6.07, 6.45) is 4.10. The molecule has 322 valence electrons. The molecule has 0 radical (unpaired) electrons. The van der Waals surface area contributed by atoms with Crippen LogP contribution in [0.3, 0.4) is 0 Å². The summed E-state index contributed by atoms with van der Waals surface area (Å²) in [4.78, 5) is 111. The second-order valence-corrected chi connectivity index (χ2v) is 16.3. The Bertz CT molecular complexity index is 1430. The van der Waals surface area contributed by atoms with Crippen molar-refractivity contribution in [3.63, 3.8) is 0 Å². The van der Waals surface area contributed by atoms with Crippen molar-refractivity contribution in [2.24, 2.45) is 17.6 Å². The van der Waals surface area contributed by atoms with Gasteiger partial charge in [-0.15, -0.1) is 0 Å². The number of rotatable bonds is 27. The molecule has 2 rings (SSSR count). The van der Waals surface area contributed by atoms with Crippen LogP contribution in [0.1, 0.15) is 71.6 Å². The number of hydroxylamine groups is 1. The van der Waals surface area contributed by atoms with Gasteiger partial charge in [0, 0.05) is 47.8 Å². The van der Waals surface area contributed by atoms with Crippen molar-refractivity contribution in [2.75, 3.05) is 36.9 Å². The maximum atomic E-state index is 12.9. The van der Waals surface area contributed by atoms with Crippen LogP contribution in [0.15, 0.2) is 0 Å². The van der Waals surface area contributed by atoms with Gasteiger partial charge < -0.3 is 48.3 Å². The highest BCUT2D eigenvalue weighted by atomic mass is 32.2. The summed E-state index contributed by atoms with van der Waals surface area (Å²) in [7, 11) is 0. The molecule has 12 N–H and O–H groups in total. The lowest BCUT2D eigenvalue weighted by molar-refractivity contribution is -0.136. The second kappa shape index (κ2) is 26.1. The first-order valence-electron chi connectivity index (χ1n) is 18.9. The minimum atomic E-state index is -1.22. The molecule has 0 aromatic heterocycles. The molecule has 1 unspecified atom stereocenters. The Morgan fingerprint density at radius 3 is 2.11 bits per heavy atom. The fourth-order valence-electron chi connectivity index (χ4n) is 6.20. The van der Waals surface area contributed by atoms with Crippen LogP contribution >= 0.6 is 37.0 Å². The number of thioether (sulfide) groups is 1. The minimum Gasteiger partial charge on any atom is -0.368 e. The average molecular weight is 863 g/mol. The van der Waals surface area contributed by atoms with Crippen LogP contribution in [-0.2, 0) is 38.4 Å². The van der Waals surface area contributed by atoms with Crippen LogP contribution in [0.5, 0.6) is 0 Å². The summed E-state index contributed by atoms with van der Waals surface area (Å²) >= 11 is 10.0. The van der Waals surface area contributed by atoms with Gasteiger partial charge in [-0.05, 0) is 44.4 Å². The number of primary amides is 1. The first-order chi connectivity index (χ1) is 27.1. The number of hydrogen-bond donors (Lipinski definition) is 13. The molecule has 0 aromatic carbocycles. The van der Waals surface area contributed by atoms with E-state index in [1.54, 1.807) is 0 Å². The number of unbranched alkanes of at least 4 members (excludes halogenated alkanes) is 2. The number of amides is 10. The van der Waals surface area contributed by atoms with Gasteiger partial charge in [-0.1, -0.05) is 20.3 Å². The van der Waals surface area contributed by atoms with E-state index in [1.165, 1.54) is 5.48 Å². The Morgan fingerprint density at radius 2 is 1.46 bits per heavy atom. The highest BCUT2D eigenvalue weighted by Crippen LogP contribution is 2.33. The van der Waals surface area contributed by atoms with E-state index in [0.29, 0.717) is 37.5 Å². The number of fused-ring (bicyclic) bond motifs is 1. The van der Waals surface area contributed by atoms with Gasteiger partial charge in [0.05, 0.1) is 25.2 Å². The van der Waals surface area contributed by atoms with Gasteiger partial charge in [0.1, 0.15) is 18.1 Å². The molecule has 20 nitrogen and oxygen atoms in total. The smallest absolute Gasteiger partial charge is 0.315 e. The highest BCUT2D eigenvalue weighted by molar-refractivity contribution is 8.00. The summed E-state index contributed by atoms with van der Waals surface area (Å²) < 4.78 is 0. The van der Waals surface area contributed by atoms with Crippen molar-refractivity contribution >= 4 is 90.3 Å². The van der Waals surface area contributed by atoms with Gasteiger partial charge in [-0.25, -0.2) is 10.3 Å². The van der Waals surface area contributed by atoms with E-state index >= 15 is 0 Å². The van der Waals surface area contributed by atoms with Crippen LogP contribution in [-0.4, -0.2) is 131 Å². The van der Waals surface area contributed by atoms with Crippen molar-refractivity contribution in [3.8, 4) is 0 Å². The summed E-state index contributed by atoms with van der Waals surface area (Å²) in [6.45, 7) is 2.98. The number of urea groups is 1. The molecular formula is C34H58N10O10S3. The topological polar surface area (TPSA) is 308 Å². The van der Waals surface area contributed by atoms with Gasteiger partial charge in [-0.2, -0.15) is 37.0 Å². The lowest BCUT2D eigenvalue weighted by Gasteiger charge is -2.24. The Balaban J connectivity index is 1.65. The van der Waals surface area contributed by atoms with E-state index in [1.807, 2.05) is 25.6 Å². The third-order valence-corrected chi connectivity index (χ3v) is 11.4. The van der Waals surface area contributed by atoms with Gasteiger partial charge in [-0.3, -0.25) is 43.6 Å². The lowest BCUT2D eigenvalue weighted by atomic mass is 9.93. The second-order valence-electron chi connectivity index (χ2n) is 14.3. The molecule has 2 aliphatic rings. The van der Waals surface area contributed by atoms with Crippen molar-refractivity contribution in [1.82, 2.24) is 48.0 Å². The molecule has 2 saturated heterocycles. The summed E-state index contributed by atoms with van der Waals surface area (Å²) in [5.41, 5.74) is 6.93. The first-order valence-corrected chi connectivity index (χ1v) is 21.2. The van der Waals surface area contributed by atoms with Crippen LogP contribution < -0.4 is 53.7 Å². The van der Waals surface area contributed by atoms with E-state index in [-0.39, 0.29) is 54.3 Å². The Kier molecular flexibility index (Phi) is 22.5. The Morgan fingerprint density at radius 1 is 0.789 bits per heavy atom. The zero-order valence-electron chi connectivity index (χ0n) is 32.2. The third-order valence-electron chi connectivity index (χ3n) is 9.18. The molecule has 0 aromatic rings. The Hall–Kier alpha value is -3.96. The molecule has 2 fully saturated rings. The van der Waals surface area contributed by atoms with E-state index in [4.69, 9.17) is 10.9 Å². The molecule has 57 heavy (non-hydrogen) atoms. The molecule has 2 aliphatic heterocycles. The number of hydrogen-bond acceptors (Lipinski definition) is 13. The maximum Gasteiger partial charge on any atom is 0.315 e. The number of nitrogens with two attached hydrogens (primary N) is 1. The lowest BCUT2D eigenvalue weighted by Crippen LogP contribution is -2.56. The molecular weight excluding hydrogens is 805 g/mol. The SMILES string of the molecule is CC(C)CC(CC(=O)NO)C(=O)N[C@@H](CS)C(=O)N[C@@H](CS)C(=O)NCC(=O)NCC(=O)N[C@@H](CCCCNC(=O)CCCC[C@@H]1SC[C@@H]2NC(=O)N[C@@H]21)C(N)=O. The first kappa shape index (κ1) is 49.2. The minimum absolute atomic E-state index is 0.0233. The fourth-order valence-corrected chi connectivity index (χ4v) is 8.26. The monoisotopic (exact) mass is 862 g/mol. The zero-order valence-corrected chi connectivity index (χ0v) is 34.8. The Labute approximate surface area is 347 Å². The van der Waals surface area contributed by atoms with Gasteiger partial charge >= 0.3 is 6.03 Å². The van der Waals surface area contributed by atoms with E-state index < -0.39 is 78.5 Å². The van der Waals surface area contributed by atoms with Gasteiger partial charge in [0.15, 0.2) is 0 Å². The van der Waals surface area contributed by atoms with E-state index in [9.17, 15) is 43.2 Å². The average Bonchev–Trinajstić information content (AvgIpc) is 3.73. The zero-order chi connectivity index (χ0) is 42.5. The van der Waals surface area contributed by atoms with E-state index in [2.05, 4.69) is 67.8 Å². The molecule has 10 amide bonds. The molecule has 0 bridgehead atoms. The largest absolute Gasteiger partial charge is 0.368 e. The van der Waals surface area contributed by atoms with E-state index in [0.717, 1.165) is 25.0 Å². The van der Waals surface area contributed by atoms with Crippen LogP contribution in [0.4, 0.5) is 4.79 Å². The quantitative estimate of drug-likeness (QED) is 0.0136. The van der Waals surface area contributed by atoms with Gasteiger partial charge in [0.2, 0.25) is 47.3 Å². The third kappa shape index (κ3) is 18.5. The molecule has 7 atom stereocenters. The van der Waals surface area contributed by atoms with Crippen molar-refractivity contribution in [2.45, 2.75) is 107 Å². The fraction of sp³-hybridized carbons (Fsp3) is 0.735. The molecule has 0 spiro atoms. The number of carbonyl (C=O) groups is 9. The van der Waals surface area contributed by atoms with Crippen molar-refractivity contribution < 1.29 is 48.4 Å². The predicted octanol–water partition coefficient (Wildman–Crippen LogP) is -2.41. The summed E-state index contributed by atoms with van der Waals surface area (Å²) in [5.74, 6) is -5.48. The van der Waals surface area contributed by atoms with Crippen LogP contribution in [0.25, 0.3) is 0 Å². The number of carbonyl (C=O) groups excluding carboxylic acids is 9. The highest BCUT2D eigenvalue weighted by Gasteiger charge is 2.42. The standard InChI is InChI=1S/C34H58N10O10S3/c1-18(2)11-19(12-26(46)44-54)31(50)40-22(16-56)33(52)41-21(15-55)32(51)38-13-27(47)37-14-28(48)39-20(30(35)49)7-5-6-10-36-25(45)9-4-3-8-24-29-23(17-57-24)42-34(53)43-29/h18-24,29,54-56H,3-17H2,1-2H3,(H2,35,49)(H,36,45)(H,37,47)(H,38,51)(H,39,48)(H,40,50)(H,41,52)(H,44,46)(H2,42,43,53)/t19?,20-,21-,22-,23-,24-,29-/m0/s1. The van der Waals surface area contributed by atoms with Crippen LogP contribution in [0, 0.1) is 11.8 Å². The van der Waals surface area contributed by atoms with Crippen LogP contribution in [0.2, 0.25) is 0 Å². The molecule has 2 heterocycles. The number of thiol groups is 2. The molecule has 0 saturated carbocycles. The predicted molar refractivity (Wildman–Crippen MR) is 217 cm³/mol. The molecule has 0 aliphatic carbocycles. The maximum absolute atomic E-state index is 12.9. The normalized spacial score (nSPS) is 19.1.